The number of hydrogen-bond acceptors (Lipinski definition) is 6. The van der Waals surface area contributed by atoms with Crippen LogP contribution in [0.4, 0.5) is 10.5 Å². The number of alkyl carbamates (subject to hydrolysis) is 1. The quantitative estimate of drug-likeness (QED) is 0.679. The summed E-state index contributed by atoms with van der Waals surface area (Å²) >= 11 is 0. The van der Waals surface area contributed by atoms with Gasteiger partial charge in [-0.15, -0.1) is 0 Å². The van der Waals surface area contributed by atoms with E-state index in [2.05, 4.69) is 15.4 Å². The molecule has 0 aliphatic heterocycles. The first-order valence-electron chi connectivity index (χ1n) is 7.25. The zero-order valence-electron chi connectivity index (χ0n) is 14.1. The van der Waals surface area contributed by atoms with Gasteiger partial charge in [0.1, 0.15) is 12.1 Å². The fraction of sp³-hybridized carbons (Fsp3) is 0.438. The predicted molar refractivity (Wildman–Crippen MR) is 86.7 cm³/mol. The van der Waals surface area contributed by atoms with E-state index in [-0.39, 0.29) is 6.54 Å². The van der Waals surface area contributed by atoms with Crippen LogP contribution in [0.5, 0.6) is 0 Å². The second kappa shape index (κ2) is 8.19. The minimum atomic E-state index is -1.24. The van der Waals surface area contributed by atoms with Gasteiger partial charge < -0.3 is 25.2 Å². The van der Waals surface area contributed by atoms with E-state index in [1.54, 1.807) is 32.9 Å². The third kappa shape index (κ3) is 6.55. The number of carbonyl (C=O) groups excluding carboxylic acids is 2. The number of ether oxygens (including phenoxy) is 2. The van der Waals surface area contributed by atoms with Gasteiger partial charge in [-0.2, -0.15) is 0 Å². The number of aliphatic carboxylic acids is 1. The van der Waals surface area contributed by atoms with Crippen LogP contribution in [-0.4, -0.2) is 42.4 Å². The van der Waals surface area contributed by atoms with Crippen LogP contribution in [0.1, 0.15) is 32.4 Å². The van der Waals surface area contributed by atoms with Gasteiger partial charge in [-0.3, -0.25) is 4.79 Å². The average Bonchev–Trinajstić information content (AvgIpc) is 2.49. The Labute approximate surface area is 140 Å². The first kappa shape index (κ1) is 19.3. The molecule has 0 fully saturated rings. The highest BCUT2D eigenvalue weighted by atomic mass is 16.6. The number of esters is 1. The molecule has 0 spiro atoms. The minimum Gasteiger partial charge on any atom is -0.479 e. The molecule has 8 heteroatoms. The first-order valence-corrected chi connectivity index (χ1v) is 7.25. The Morgan fingerprint density at radius 2 is 1.75 bits per heavy atom. The molecule has 1 amide bonds. The summed E-state index contributed by atoms with van der Waals surface area (Å²) in [7, 11) is 1.28. The van der Waals surface area contributed by atoms with Gasteiger partial charge in [0.25, 0.3) is 0 Å². The highest BCUT2D eigenvalue weighted by Gasteiger charge is 2.25. The zero-order valence-corrected chi connectivity index (χ0v) is 14.1. The molecule has 0 radical (unpaired) electrons. The minimum absolute atomic E-state index is 0.00559. The summed E-state index contributed by atoms with van der Waals surface area (Å²) in [5, 5.41) is 14.4. The molecule has 0 saturated carbocycles. The number of rotatable bonds is 6. The number of methoxy groups -OCH3 is 1. The number of hydrogen-bond donors (Lipinski definition) is 3. The number of carbonyl (C=O) groups is 3. The molecule has 1 rings (SSSR count). The molecule has 0 aliphatic carbocycles. The van der Waals surface area contributed by atoms with Gasteiger partial charge >= 0.3 is 18.0 Å². The molecule has 132 valence electrons. The van der Waals surface area contributed by atoms with E-state index in [0.717, 1.165) is 0 Å². The Morgan fingerprint density at radius 1 is 1.17 bits per heavy atom. The van der Waals surface area contributed by atoms with Crippen LogP contribution in [0, 0.1) is 0 Å². The van der Waals surface area contributed by atoms with Crippen LogP contribution in [0.3, 0.4) is 0 Å². The molecule has 3 N–H and O–H groups in total. The second-order valence-electron chi connectivity index (χ2n) is 5.97. The lowest BCUT2D eigenvalue weighted by Crippen LogP contribution is -2.38. The van der Waals surface area contributed by atoms with Crippen molar-refractivity contribution in [2.24, 2.45) is 0 Å². The largest absolute Gasteiger partial charge is 0.479 e. The number of carboxylic acids is 1. The summed E-state index contributed by atoms with van der Waals surface area (Å²) in [5.74, 6) is -1.63. The van der Waals surface area contributed by atoms with Gasteiger partial charge in [0.05, 0.1) is 7.11 Å². The van der Waals surface area contributed by atoms with Crippen molar-refractivity contribution in [2.45, 2.75) is 32.4 Å². The van der Waals surface area contributed by atoms with Crippen molar-refractivity contribution >= 4 is 23.7 Å². The van der Waals surface area contributed by atoms with E-state index >= 15 is 0 Å². The van der Waals surface area contributed by atoms with Crippen molar-refractivity contribution in [3.8, 4) is 0 Å². The van der Waals surface area contributed by atoms with Gasteiger partial charge in [0.2, 0.25) is 0 Å². The summed E-state index contributed by atoms with van der Waals surface area (Å²) in [6.45, 7) is 5.05. The van der Waals surface area contributed by atoms with Crippen molar-refractivity contribution in [3.63, 3.8) is 0 Å². The number of nitrogens with one attached hydrogen (secondary N) is 2. The molecule has 24 heavy (non-hydrogen) atoms. The molecular weight excluding hydrogens is 316 g/mol. The highest BCUT2D eigenvalue weighted by molar-refractivity contribution is 5.81. The van der Waals surface area contributed by atoms with Crippen LogP contribution in [-0.2, 0) is 19.1 Å². The monoisotopic (exact) mass is 338 g/mol. The molecule has 0 aromatic heterocycles. The van der Waals surface area contributed by atoms with Gasteiger partial charge in [0.15, 0.2) is 6.04 Å². The van der Waals surface area contributed by atoms with E-state index < -0.39 is 29.7 Å². The Balaban J connectivity index is 2.77. The van der Waals surface area contributed by atoms with Crippen LogP contribution >= 0.6 is 0 Å². The van der Waals surface area contributed by atoms with Crippen LogP contribution in [0.25, 0.3) is 0 Å². The van der Waals surface area contributed by atoms with Crippen LogP contribution in [0.2, 0.25) is 0 Å². The molecule has 0 aliphatic rings. The molecule has 1 atom stereocenters. The number of amides is 1. The molecule has 1 aromatic carbocycles. The topological polar surface area (TPSA) is 114 Å². The van der Waals surface area contributed by atoms with Gasteiger partial charge in [0, 0.05) is 5.69 Å². The van der Waals surface area contributed by atoms with E-state index in [9.17, 15) is 19.5 Å². The maximum atomic E-state index is 11.8. The fourth-order valence-corrected chi connectivity index (χ4v) is 1.75. The SMILES string of the molecule is COC(=O)CNc1ccc(C(NC(=O)OC(C)(C)C)C(=O)O)cc1. The fourth-order valence-electron chi connectivity index (χ4n) is 1.75. The third-order valence-electron chi connectivity index (χ3n) is 2.82. The first-order chi connectivity index (χ1) is 11.1. The molecule has 1 unspecified atom stereocenters. The van der Waals surface area contributed by atoms with E-state index in [4.69, 9.17) is 4.74 Å². The second-order valence-corrected chi connectivity index (χ2v) is 5.97. The number of anilines is 1. The highest BCUT2D eigenvalue weighted by Crippen LogP contribution is 2.18. The lowest BCUT2D eigenvalue weighted by molar-refractivity contribution is -0.140. The lowest BCUT2D eigenvalue weighted by atomic mass is 10.1. The maximum Gasteiger partial charge on any atom is 0.408 e. The number of carboxylic acid groups (broad SMARTS) is 1. The van der Waals surface area contributed by atoms with Crippen LogP contribution in [0.15, 0.2) is 24.3 Å². The Hall–Kier alpha value is -2.77. The van der Waals surface area contributed by atoms with Crippen molar-refractivity contribution in [1.29, 1.82) is 0 Å². The van der Waals surface area contributed by atoms with E-state index in [0.29, 0.717) is 11.3 Å². The molecule has 0 bridgehead atoms. The standard InChI is InChI=1S/C16H22N2O6/c1-16(2,3)24-15(22)18-13(14(20)21)10-5-7-11(8-6-10)17-9-12(19)23-4/h5-8,13,17H,9H2,1-4H3,(H,18,22)(H,20,21). The van der Waals surface area contributed by atoms with Crippen molar-refractivity contribution in [1.82, 2.24) is 5.32 Å². The lowest BCUT2D eigenvalue weighted by Gasteiger charge is -2.22. The van der Waals surface area contributed by atoms with Crippen molar-refractivity contribution in [3.05, 3.63) is 29.8 Å². The smallest absolute Gasteiger partial charge is 0.408 e. The Kier molecular flexibility index (Phi) is 6.58. The Morgan fingerprint density at radius 3 is 2.21 bits per heavy atom. The summed E-state index contributed by atoms with van der Waals surface area (Å²) in [6, 6.07) is 5.04. The molecule has 8 nitrogen and oxygen atoms in total. The average molecular weight is 338 g/mol. The van der Waals surface area contributed by atoms with Crippen molar-refractivity contribution in [2.75, 3.05) is 19.0 Å². The zero-order chi connectivity index (χ0) is 18.3. The predicted octanol–water partition coefficient (Wildman–Crippen LogP) is 1.92. The summed E-state index contributed by atoms with van der Waals surface area (Å²) < 4.78 is 9.57. The van der Waals surface area contributed by atoms with Crippen molar-refractivity contribution < 1.29 is 29.0 Å². The summed E-state index contributed by atoms with van der Waals surface area (Å²) in [6.07, 6.45) is -0.817. The maximum absolute atomic E-state index is 11.8. The number of benzene rings is 1. The third-order valence-corrected chi connectivity index (χ3v) is 2.82. The molecule has 0 heterocycles. The molecule has 1 aromatic rings. The molecular formula is C16H22N2O6. The van der Waals surface area contributed by atoms with E-state index in [1.807, 2.05) is 0 Å². The summed E-state index contributed by atoms with van der Waals surface area (Å²) in [5.41, 5.74) is 0.261. The van der Waals surface area contributed by atoms with Gasteiger partial charge in [-0.1, -0.05) is 12.1 Å². The normalized spacial score (nSPS) is 12.0. The van der Waals surface area contributed by atoms with Crippen LogP contribution < -0.4 is 10.6 Å². The molecule has 0 saturated heterocycles. The van der Waals surface area contributed by atoms with Gasteiger partial charge in [-0.25, -0.2) is 9.59 Å². The van der Waals surface area contributed by atoms with E-state index in [1.165, 1.54) is 19.2 Å². The summed E-state index contributed by atoms with van der Waals surface area (Å²) in [4.78, 5) is 34.2. The van der Waals surface area contributed by atoms with Gasteiger partial charge in [-0.05, 0) is 38.5 Å². The Bertz CT molecular complexity index is 592.